The van der Waals surface area contributed by atoms with Gasteiger partial charge in [-0.05, 0) is 43.7 Å². The maximum Gasteiger partial charge on any atom is 0.331 e. The largest absolute Gasteiger partial charge is 0.494 e. The predicted octanol–water partition coefficient (Wildman–Crippen LogP) is 3.94. The highest BCUT2D eigenvalue weighted by molar-refractivity contribution is 5.67. The van der Waals surface area contributed by atoms with E-state index < -0.39 is 41.3 Å². The van der Waals surface area contributed by atoms with Gasteiger partial charge in [0.05, 0.1) is 31.8 Å². The number of nitrogens with one attached hydrogen (secondary N) is 2. The molecule has 0 spiro atoms. The molecule has 0 saturated heterocycles. The molecule has 13 heteroatoms. The van der Waals surface area contributed by atoms with Gasteiger partial charge in [0.2, 0.25) is 0 Å². The van der Waals surface area contributed by atoms with Crippen molar-refractivity contribution in [2.75, 3.05) is 13.7 Å². The molecule has 5 aromatic rings. The molecular formula is C31H30F3N7O3. The van der Waals surface area contributed by atoms with Gasteiger partial charge in [0.15, 0.2) is 17.4 Å². The highest BCUT2D eigenvalue weighted by Crippen LogP contribution is 2.29. The Balaban J connectivity index is 1.62. The van der Waals surface area contributed by atoms with Gasteiger partial charge in [-0.25, -0.2) is 18.0 Å². The van der Waals surface area contributed by atoms with Gasteiger partial charge in [0.25, 0.3) is 5.56 Å². The number of aromatic nitrogens is 6. The number of aryl methyl sites for hydroxylation is 1. The Morgan fingerprint density at radius 2 is 1.68 bits per heavy atom. The lowest BCUT2D eigenvalue weighted by Crippen LogP contribution is -2.45. The molecular weight excluding hydrogens is 575 g/mol. The van der Waals surface area contributed by atoms with Gasteiger partial charge in [-0.3, -0.25) is 13.9 Å². The first kappa shape index (κ1) is 30.4. The molecule has 10 nitrogen and oxygen atoms in total. The van der Waals surface area contributed by atoms with E-state index in [9.17, 15) is 18.4 Å². The maximum atomic E-state index is 15.6. The van der Waals surface area contributed by atoms with Crippen LogP contribution < -0.4 is 21.3 Å². The third-order valence-corrected chi connectivity index (χ3v) is 7.44. The van der Waals surface area contributed by atoms with Gasteiger partial charge in [-0.15, -0.1) is 10.2 Å². The minimum absolute atomic E-state index is 0.0513. The number of hydrogen-bond acceptors (Lipinski definition) is 7. The number of aromatic amines is 1. The van der Waals surface area contributed by atoms with Crippen molar-refractivity contribution in [1.82, 2.24) is 35.1 Å². The Hall–Kier alpha value is -5.04. The molecule has 0 bridgehead atoms. The summed E-state index contributed by atoms with van der Waals surface area (Å²) in [7, 11) is 1.30. The highest BCUT2D eigenvalue weighted by Gasteiger charge is 2.25. The van der Waals surface area contributed by atoms with Crippen molar-refractivity contribution in [2.45, 2.75) is 38.9 Å². The van der Waals surface area contributed by atoms with Crippen LogP contribution in [-0.2, 0) is 19.5 Å². The molecule has 0 aliphatic carbocycles. The number of benzene rings is 3. The second-order valence-electron chi connectivity index (χ2n) is 10.1. The van der Waals surface area contributed by atoms with Gasteiger partial charge < -0.3 is 10.1 Å². The minimum Gasteiger partial charge on any atom is -0.494 e. The third kappa shape index (κ3) is 6.32. The van der Waals surface area contributed by atoms with E-state index in [1.54, 1.807) is 0 Å². The zero-order valence-electron chi connectivity index (χ0n) is 24.1. The molecule has 2 aromatic heterocycles. The van der Waals surface area contributed by atoms with Gasteiger partial charge in [-0.1, -0.05) is 53.7 Å². The van der Waals surface area contributed by atoms with E-state index in [2.05, 4.69) is 25.9 Å². The van der Waals surface area contributed by atoms with Gasteiger partial charge in [0, 0.05) is 23.2 Å². The maximum absolute atomic E-state index is 15.6. The van der Waals surface area contributed by atoms with E-state index in [-0.39, 0.29) is 34.7 Å². The zero-order valence-corrected chi connectivity index (χ0v) is 24.1. The number of methoxy groups -OCH3 is 1. The molecule has 1 atom stereocenters. The van der Waals surface area contributed by atoms with Crippen LogP contribution in [0, 0.1) is 24.4 Å². The Bertz CT molecular complexity index is 1840. The summed E-state index contributed by atoms with van der Waals surface area (Å²) in [6.07, 6.45) is 1.17. The van der Waals surface area contributed by atoms with Crippen molar-refractivity contribution >= 4 is 0 Å². The van der Waals surface area contributed by atoms with E-state index >= 15 is 4.39 Å². The van der Waals surface area contributed by atoms with Crippen LogP contribution in [0.4, 0.5) is 13.2 Å². The van der Waals surface area contributed by atoms with E-state index in [0.29, 0.717) is 25.2 Å². The van der Waals surface area contributed by atoms with Gasteiger partial charge in [0.1, 0.15) is 11.6 Å². The summed E-state index contributed by atoms with van der Waals surface area (Å²) in [5, 5.41) is 17.2. The molecule has 2 heterocycles. The molecule has 44 heavy (non-hydrogen) atoms. The number of H-pyrrole nitrogens is 1. The summed E-state index contributed by atoms with van der Waals surface area (Å²) in [6, 6.07) is 16.4. The molecule has 5 rings (SSSR count). The molecule has 2 N–H and O–H groups in total. The molecule has 3 aromatic carbocycles. The summed E-state index contributed by atoms with van der Waals surface area (Å²) in [5.74, 6) is -2.06. The number of nitrogens with zero attached hydrogens (tertiary/aromatic N) is 5. The molecule has 0 fully saturated rings. The van der Waals surface area contributed by atoms with E-state index in [1.165, 1.54) is 38.3 Å². The van der Waals surface area contributed by atoms with Gasteiger partial charge in [-0.2, -0.15) is 5.21 Å². The molecule has 0 amide bonds. The lowest BCUT2D eigenvalue weighted by atomic mass is 10.0. The van der Waals surface area contributed by atoms with E-state index in [1.807, 2.05) is 30.3 Å². The Morgan fingerprint density at radius 3 is 2.36 bits per heavy atom. The summed E-state index contributed by atoms with van der Waals surface area (Å²) < 4.78 is 52.3. The smallest absolute Gasteiger partial charge is 0.331 e. The number of ether oxygens (including phenoxy) is 1. The van der Waals surface area contributed by atoms with Crippen molar-refractivity contribution < 1.29 is 17.9 Å². The first-order valence-electron chi connectivity index (χ1n) is 13.9. The average molecular weight is 606 g/mol. The monoisotopic (exact) mass is 605 g/mol. The fraction of sp³-hybridized carbons (Fsp3) is 0.258. The van der Waals surface area contributed by atoms with Gasteiger partial charge >= 0.3 is 5.69 Å². The van der Waals surface area contributed by atoms with Crippen LogP contribution in [0.5, 0.6) is 5.75 Å². The van der Waals surface area contributed by atoms with Crippen LogP contribution >= 0.6 is 0 Å². The Kier molecular flexibility index (Phi) is 9.34. The van der Waals surface area contributed by atoms with Crippen LogP contribution in [0.1, 0.15) is 35.1 Å². The Labute approximate surface area is 250 Å². The first-order chi connectivity index (χ1) is 21.3. The first-order valence-corrected chi connectivity index (χ1v) is 13.9. The van der Waals surface area contributed by atoms with Crippen LogP contribution in [0.2, 0.25) is 0 Å². The van der Waals surface area contributed by atoms with Crippen LogP contribution in [0.15, 0.2) is 76.3 Å². The third-order valence-electron chi connectivity index (χ3n) is 7.44. The molecule has 0 aliphatic rings. The van der Waals surface area contributed by atoms with Crippen molar-refractivity contribution in [2.24, 2.45) is 0 Å². The lowest BCUT2D eigenvalue weighted by molar-refractivity contribution is 0.387. The quantitative estimate of drug-likeness (QED) is 0.207. The predicted molar refractivity (Wildman–Crippen MR) is 157 cm³/mol. The number of rotatable bonds is 12. The number of tetrazole rings is 1. The van der Waals surface area contributed by atoms with Crippen LogP contribution in [0.3, 0.4) is 0 Å². The van der Waals surface area contributed by atoms with Crippen molar-refractivity contribution in [3.63, 3.8) is 0 Å². The molecule has 0 aliphatic heterocycles. The summed E-state index contributed by atoms with van der Waals surface area (Å²) in [4.78, 5) is 28.1. The summed E-state index contributed by atoms with van der Waals surface area (Å²) >= 11 is 0. The number of halogens is 3. The second-order valence-corrected chi connectivity index (χ2v) is 10.1. The fourth-order valence-electron chi connectivity index (χ4n) is 5.13. The van der Waals surface area contributed by atoms with Crippen LogP contribution in [-0.4, -0.2) is 43.4 Å². The molecule has 228 valence electrons. The topological polar surface area (TPSA) is 120 Å². The fourth-order valence-corrected chi connectivity index (χ4v) is 5.13. The lowest BCUT2D eigenvalue weighted by Gasteiger charge is -2.23. The summed E-state index contributed by atoms with van der Waals surface area (Å²) in [6.45, 7) is 1.25. The van der Waals surface area contributed by atoms with Crippen molar-refractivity contribution in [1.29, 1.82) is 0 Å². The normalized spacial score (nSPS) is 11.9. The molecule has 0 saturated carbocycles. The van der Waals surface area contributed by atoms with E-state index in [0.717, 1.165) is 26.8 Å². The zero-order chi connectivity index (χ0) is 31.2. The SMILES string of the molecule is COc1cccc(-c2c(C)n(Cc3c(F)cccc3F)c(=O)n(C[C@H](NCCCc3nn[nH]n3)c3ccccc3)c2=O)c1F. The summed E-state index contributed by atoms with van der Waals surface area (Å²) in [5.41, 5.74) is -1.29. The Morgan fingerprint density at radius 1 is 0.955 bits per heavy atom. The standard InChI is InChI=1S/C31H30F3N7O3/c1-19-28(21-11-6-14-26(44-2)29(21)34)30(42)41(31(43)40(19)17-22-23(32)12-7-13-24(22)33)18-25(20-9-4-3-5-10-20)35-16-8-15-27-36-38-39-37-27/h3-7,9-14,25,35H,8,15-18H2,1-2H3,(H,36,37,38,39)/t25-/m0/s1. The molecule has 0 radical (unpaired) electrons. The van der Waals surface area contributed by atoms with E-state index in [4.69, 9.17) is 4.74 Å². The van der Waals surface area contributed by atoms with Crippen molar-refractivity contribution in [3.8, 4) is 16.9 Å². The number of hydrogen-bond donors (Lipinski definition) is 2. The minimum atomic E-state index is -0.853. The van der Waals surface area contributed by atoms with Crippen molar-refractivity contribution in [3.05, 3.63) is 128 Å². The molecule has 0 unspecified atom stereocenters. The average Bonchev–Trinajstić information content (AvgIpc) is 3.55. The second kappa shape index (κ2) is 13.5. The highest BCUT2D eigenvalue weighted by atomic mass is 19.1. The van der Waals surface area contributed by atoms with Crippen LogP contribution in [0.25, 0.3) is 11.1 Å².